The summed E-state index contributed by atoms with van der Waals surface area (Å²) < 4.78 is 10.6. The maximum atomic E-state index is 9.28. The maximum Gasteiger partial charge on any atom is 0.240 e. The maximum absolute atomic E-state index is 9.28. The molecule has 0 bridgehead atoms. The summed E-state index contributed by atoms with van der Waals surface area (Å²) in [6.45, 7) is 6.95. The summed E-state index contributed by atoms with van der Waals surface area (Å²) in [7, 11) is 0. The lowest BCUT2D eigenvalue weighted by atomic mass is 10.1. The highest BCUT2D eigenvalue weighted by Gasteiger charge is 2.24. The number of rotatable bonds is 5. The van der Waals surface area contributed by atoms with Gasteiger partial charge in [-0.1, -0.05) is 19.0 Å². The summed E-state index contributed by atoms with van der Waals surface area (Å²) in [5.41, 5.74) is 0. The largest absolute Gasteiger partial charge is 0.395 e. The second-order valence-electron chi connectivity index (χ2n) is 5.08. The van der Waals surface area contributed by atoms with Crippen LogP contribution in [0.25, 0.3) is 0 Å². The van der Waals surface area contributed by atoms with Gasteiger partial charge in [0.25, 0.3) is 0 Å². The van der Waals surface area contributed by atoms with E-state index in [0.717, 1.165) is 18.8 Å². The van der Waals surface area contributed by atoms with Crippen molar-refractivity contribution in [1.82, 2.24) is 15.0 Å². The van der Waals surface area contributed by atoms with Crippen LogP contribution in [-0.2, 0) is 17.7 Å². The molecule has 0 spiro atoms. The fourth-order valence-electron chi connectivity index (χ4n) is 2.04. The van der Waals surface area contributed by atoms with Gasteiger partial charge in [0.05, 0.1) is 32.4 Å². The molecule has 1 N–H and O–H groups in total. The first-order valence-electron chi connectivity index (χ1n) is 6.43. The minimum Gasteiger partial charge on any atom is -0.395 e. The predicted molar refractivity (Wildman–Crippen MR) is 64.9 cm³/mol. The van der Waals surface area contributed by atoms with Crippen molar-refractivity contribution in [3.05, 3.63) is 11.7 Å². The van der Waals surface area contributed by atoms with E-state index in [1.807, 2.05) is 0 Å². The molecule has 1 aliphatic heterocycles. The molecule has 6 heteroatoms. The van der Waals surface area contributed by atoms with Crippen LogP contribution in [0.15, 0.2) is 4.52 Å². The lowest BCUT2D eigenvalue weighted by Gasteiger charge is -2.33. The number of morpholine rings is 1. The molecule has 2 heterocycles. The zero-order chi connectivity index (χ0) is 13.0. The third kappa shape index (κ3) is 3.51. The Kier molecular flexibility index (Phi) is 4.68. The van der Waals surface area contributed by atoms with Crippen molar-refractivity contribution in [1.29, 1.82) is 0 Å². The van der Waals surface area contributed by atoms with E-state index in [2.05, 4.69) is 28.9 Å². The van der Waals surface area contributed by atoms with Crippen molar-refractivity contribution in [2.24, 2.45) is 5.92 Å². The molecular formula is C12H21N3O3. The second kappa shape index (κ2) is 6.26. The van der Waals surface area contributed by atoms with Crippen molar-refractivity contribution in [3.8, 4) is 0 Å². The van der Waals surface area contributed by atoms with E-state index in [-0.39, 0.29) is 12.6 Å². The van der Waals surface area contributed by atoms with Gasteiger partial charge in [-0.15, -0.1) is 0 Å². The van der Waals surface area contributed by atoms with Crippen LogP contribution >= 0.6 is 0 Å². The van der Waals surface area contributed by atoms with Gasteiger partial charge in [-0.2, -0.15) is 4.98 Å². The zero-order valence-corrected chi connectivity index (χ0v) is 11.0. The van der Waals surface area contributed by atoms with Crippen molar-refractivity contribution in [2.45, 2.75) is 32.9 Å². The van der Waals surface area contributed by atoms with Crippen LogP contribution in [0.2, 0.25) is 0 Å². The van der Waals surface area contributed by atoms with E-state index in [1.54, 1.807) is 0 Å². The van der Waals surface area contributed by atoms with Crippen LogP contribution in [0.3, 0.4) is 0 Å². The van der Waals surface area contributed by atoms with Gasteiger partial charge in [0, 0.05) is 13.0 Å². The van der Waals surface area contributed by atoms with E-state index < -0.39 is 0 Å². The standard InChI is InChI=1S/C12H21N3O3/c1-9(2)5-11-13-12(18-14-11)6-15-3-4-17-8-10(15)7-16/h9-10,16H,3-8H2,1-2H3. The molecule has 1 aromatic heterocycles. The van der Waals surface area contributed by atoms with E-state index in [1.165, 1.54) is 0 Å². The lowest BCUT2D eigenvalue weighted by molar-refractivity contribution is -0.0348. The average molecular weight is 255 g/mol. The number of ether oxygens (including phenoxy) is 1. The van der Waals surface area contributed by atoms with Crippen molar-refractivity contribution in [2.75, 3.05) is 26.4 Å². The fourth-order valence-corrected chi connectivity index (χ4v) is 2.04. The molecule has 1 atom stereocenters. The van der Waals surface area contributed by atoms with Crippen molar-refractivity contribution >= 4 is 0 Å². The third-order valence-corrected chi connectivity index (χ3v) is 3.00. The number of hydrogen-bond donors (Lipinski definition) is 1. The minimum absolute atomic E-state index is 0.0270. The number of aromatic nitrogens is 2. The Bertz CT molecular complexity index is 367. The molecule has 1 aliphatic rings. The van der Waals surface area contributed by atoms with E-state index in [4.69, 9.17) is 9.26 Å². The van der Waals surface area contributed by atoms with Gasteiger partial charge in [0.2, 0.25) is 5.89 Å². The molecule has 0 aliphatic carbocycles. The molecule has 0 saturated carbocycles. The molecule has 1 unspecified atom stereocenters. The van der Waals surface area contributed by atoms with E-state index >= 15 is 0 Å². The molecule has 1 fully saturated rings. The first kappa shape index (κ1) is 13.5. The monoisotopic (exact) mass is 255 g/mol. The number of aliphatic hydroxyl groups excluding tert-OH is 1. The van der Waals surface area contributed by atoms with Gasteiger partial charge in [-0.3, -0.25) is 4.90 Å². The van der Waals surface area contributed by atoms with Crippen LogP contribution in [0, 0.1) is 5.92 Å². The van der Waals surface area contributed by atoms with Crippen molar-refractivity contribution in [3.63, 3.8) is 0 Å². The Balaban J connectivity index is 1.93. The van der Waals surface area contributed by atoms with Crippen LogP contribution in [0.1, 0.15) is 25.6 Å². The summed E-state index contributed by atoms with van der Waals surface area (Å²) in [6, 6.07) is 0.0270. The van der Waals surface area contributed by atoms with Crippen LogP contribution < -0.4 is 0 Å². The number of nitrogens with zero attached hydrogens (tertiary/aromatic N) is 3. The second-order valence-corrected chi connectivity index (χ2v) is 5.08. The third-order valence-electron chi connectivity index (χ3n) is 3.00. The Morgan fingerprint density at radius 1 is 1.50 bits per heavy atom. The van der Waals surface area contributed by atoms with Crippen LogP contribution in [-0.4, -0.2) is 52.6 Å². The van der Waals surface area contributed by atoms with E-state index in [0.29, 0.717) is 31.6 Å². The molecule has 6 nitrogen and oxygen atoms in total. The molecule has 18 heavy (non-hydrogen) atoms. The minimum atomic E-state index is 0.0270. The van der Waals surface area contributed by atoms with Gasteiger partial charge >= 0.3 is 0 Å². The zero-order valence-electron chi connectivity index (χ0n) is 11.0. The molecule has 1 saturated heterocycles. The molecule has 0 aromatic carbocycles. The van der Waals surface area contributed by atoms with Gasteiger partial charge in [0.1, 0.15) is 0 Å². The van der Waals surface area contributed by atoms with Gasteiger partial charge in [-0.05, 0) is 5.92 Å². The molecule has 0 amide bonds. The van der Waals surface area contributed by atoms with E-state index in [9.17, 15) is 5.11 Å². The Morgan fingerprint density at radius 3 is 3.06 bits per heavy atom. The van der Waals surface area contributed by atoms with Gasteiger partial charge in [0.15, 0.2) is 5.82 Å². The smallest absolute Gasteiger partial charge is 0.240 e. The molecule has 0 radical (unpaired) electrons. The summed E-state index contributed by atoms with van der Waals surface area (Å²) in [6.07, 6.45) is 0.829. The van der Waals surface area contributed by atoms with Gasteiger partial charge < -0.3 is 14.4 Å². The van der Waals surface area contributed by atoms with Crippen molar-refractivity contribution < 1.29 is 14.4 Å². The summed E-state index contributed by atoms with van der Waals surface area (Å²) >= 11 is 0. The van der Waals surface area contributed by atoms with Gasteiger partial charge in [-0.25, -0.2) is 0 Å². The summed E-state index contributed by atoms with van der Waals surface area (Å²) in [4.78, 5) is 6.49. The predicted octanol–water partition coefficient (Wildman–Crippen LogP) is 0.461. The summed E-state index contributed by atoms with van der Waals surface area (Å²) in [5.74, 6) is 1.89. The Labute approximate surface area is 107 Å². The normalized spacial score (nSPS) is 21.7. The highest BCUT2D eigenvalue weighted by Crippen LogP contribution is 2.12. The Morgan fingerprint density at radius 2 is 2.33 bits per heavy atom. The first-order chi connectivity index (χ1) is 8.69. The topological polar surface area (TPSA) is 71.6 Å². The number of aliphatic hydroxyl groups is 1. The average Bonchev–Trinajstić information content (AvgIpc) is 2.76. The molecule has 1 aromatic rings. The quantitative estimate of drug-likeness (QED) is 0.824. The Hall–Kier alpha value is -0.980. The summed E-state index contributed by atoms with van der Waals surface area (Å²) in [5, 5.41) is 13.2. The molecule has 2 rings (SSSR count). The molecular weight excluding hydrogens is 234 g/mol. The highest BCUT2D eigenvalue weighted by molar-refractivity contribution is 4.89. The molecule has 102 valence electrons. The first-order valence-corrected chi connectivity index (χ1v) is 6.43. The SMILES string of the molecule is CC(C)Cc1noc(CN2CCOCC2CO)n1. The van der Waals surface area contributed by atoms with Crippen LogP contribution in [0.4, 0.5) is 0 Å². The van der Waals surface area contributed by atoms with Crippen LogP contribution in [0.5, 0.6) is 0 Å². The fraction of sp³-hybridized carbons (Fsp3) is 0.833. The lowest BCUT2D eigenvalue weighted by Crippen LogP contribution is -2.46. The highest BCUT2D eigenvalue weighted by atomic mass is 16.5. The number of hydrogen-bond acceptors (Lipinski definition) is 6.